The van der Waals surface area contributed by atoms with Crippen LogP contribution in [-0.2, 0) is 11.2 Å². The number of hydrogen-bond donors (Lipinski definition) is 0. The maximum Gasteiger partial charge on any atom is 0.129 e. The summed E-state index contributed by atoms with van der Waals surface area (Å²) in [7, 11) is 0. The van der Waals surface area contributed by atoms with Crippen molar-refractivity contribution in [2.24, 2.45) is 0 Å². The number of carbonyl (C=O) groups excluding carboxylic acids is 1. The third kappa shape index (κ3) is 5.45. The highest BCUT2D eigenvalue weighted by Gasteiger charge is 2.27. The zero-order valence-electron chi connectivity index (χ0n) is 15.1. The van der Waals surface area contributed by atoms with Gasteiger partial charge in [-0.25, -0.2) is 0 Å². The molecule has 1 fully saturated rings. The van der Waals surface area contributed by atoms with Crippen molar-refractivity contribution in [3.63, 3.8) is 0 Å². The molecule has 0 saturated heterocycles. The summed E-state index contributed by atoms with van der Waals surface area (Å²) in [6.07, 6.45) is 7.64. The van der Waals surface area contributed by atoms with Crippen molar-refractivity contribution in [2.45, 2.75) is 63.9 Å². The lowest BCUT2D eigenvalue weighted by molar-refractivity contribution is -0.117. The Bertz CT molecular complexity index is 660. The monoisotopic (exact) mass is 336 g/mol. The van der Waals surface area contributed by atoms with Gasteiger partial charge in [0.1, 0.15) is 11.5 Å². The number of ketones is 1. The molecule has 2 heteroatoms. The Hall–Kier alpha value is -2.09. The molecule has 0 amide bonds. The Kier molecular flexibility index (Phi) is 6.27. The maximum atomic E-state index is 11.0. The first-order valence-corrected chi connectivity index (χ1v) is 9.50. The Labute approximate surface area is 151 Å². The lowest BCUT2D eigenvalue weighted by Crippen LogP contribution is -2.11. The summed E-state index contributed by atoms with van der Waals surface area (Å²) in [6, 6.07) is 19.2. The largest absolute Gasteiger partial charge is 0.490 e. The van der Waals surface area contributed by atoms with Crippen LogP contribution >= 0.6 is 0 Å². The molecule has 0 heterocycles. The number of rotatable bonds is 8. The number of unbranched alkanes of at least 4 members (excludes halogenated alkanes) is 1. The van der Waals surface area contributed by atoms with E-state index in [0.29, 0.717) is 24.2 Å². The fourth-order valence-corrected chi connectivity index (χ4v) is 3.70. The predicted octanol–water partition coefficient (Wildman–Crippen LogP) is 5.70. The Morgan fingerprint density at radius 1 is 1.00 bits per heavy atom. The van der Waals surface area contributed by atoms with E-state index < -0.39 is 0 Å². The van der Waals surface area contributed by atoms with Gasteiger partial charge in [-0.1, -0.05) is 42.5 Å². The topological polar surface area (TPSA) is 26.3 Å². The number of carbonyl (C=O) groups is 1. The first kappa shape index (κ1) is 17.7. The average molecular weight is 336 g/mol. The number of ether oxygens (including phenoxy) is 1. The van der Waals surface area contributed by atoms with Crippen LogP contribution < -0.4 is 4.74 Å². The minimum atomic E-state index is 0.295. The Morgan fingerprint density at radius 3 is 2.48 bits per heavy atom. The van der Waals surface area contributed by atoms with E-state index in [-0.39, 0.29) is 0 Å². The molecule has 132 valence electrons. The normalized spacial score (nSPS) is 19.7. The Balaban J connectivity index is 1.47. The van der Waals surface area contributed by atoms with Crippen LogP contribution in [0.3, 0.4) is 0 Å². The van der Waals surface area contributed by atoms with Crippen molar-refractivity contribution in [3.05, 3.63) is 65.7 Å². The molecule has 2 unspecified atom stereocenters. The standard InChI is InChI=1S/C23H28O2/c1-18(24)7-5-6-8-19-11-13-20(14-12-19)21-15-16-23(17-21)25-22-9-3-2-4-10-22/h2-4,9-14,21,23H,5-8,15-17H2,1H3. The predicted molar refractivity (Wildman–Crippen MR) is 102 cm³/mol. The number of Topliss-reactive ketones (excluding diaryl/α,β-unsaturated/α-hetero) is 1. The maximum absolute atomic E-state index is 11.0. The highest BCUT2D eigenvalue weighted by molar-refractivity contribution is 5.75. The van der Waals surface area contributed by atoms with Crippen LogP contribution in [0.2, 0.25) is 0 Å². The van der Waals surface area contributed by atoms with Crippen LogP contribution in [0.1, 0.15) is 62.5 Å². The van der Waals surface area contributed by atoms with Crippen molar-refractivity contribution in [2.75, 3.05) is 0 Å². The van der Waals surface area contributed by atoms with E-state index >= 15 is 0 Å². The van der Waals surface area contributed by atoms with Crippen molar-refractivity contribution in [1.82, 2.24) is 0 Å². The molecule has 2 aromatic rings. The van der Waals surface area contributed by atoms with Gasteiger partial charge in [0, 0.05) is 6.42 Å². The summed E-state index contributed by atoms with van der Waals surface area (Å²) >= 11 is 0. The average Bonchev–Trinajstić information content (AvgIpc) is 3.08. The van der Waals surface area contributed by atoms with Crippen molar-refractivity contribution < 1.29 is 9.53 Å². The molecule has 1 aliphatic carbocycles. The third-order valence-electron chi connectivity index (χ3n) is 5.13. The van der Waals surface area contributed by atoms with Crippen LogP contribution in [0.4, 0.5) is 0 Å². The van der Waals surface area contributed by atoms with Gasteiger partial charge < -0.3 is 9.53 Å². The molecule has 1 aliphatic rings. The van der Waals surface area contributed by atoms with E-state index in [1.54, 1.807) is 6.92 Å². The highest BCUT2D eigenvalue weighted by Crippen LogP contribution is 2.36. The lowest BCUT2D eigenvalue weighted by atomic mass is 9.95. The fourth-order valence-electron chi connectivity index (χ4n) is 3.70. The molecule has 0 aliphatic heterocycles. The number of hydrogen-bond acceptors (Lipinski definition) is 2. The summed E-state index contributed by atoms with van der Waals surface area (Å²) in [4.78, 5) is 11.0. The molecule has 0 radical (unpaired) electrons. The van der Waals surface area contributed by atoms with E-state index in [4.69, 9.17) is 4.74 Å². The van der Waals surface area contributed by atoms with Gasteiger partial charge in [-0.3, -0.25) is 0 Å². The summed E-state index contributed by atoms with van der Waals surface area (Å²) < 4.78 is 6.11. The van der Waals surface area contributed by atoms with Crippen LogP contribution in [0.15, 0.2) is 54.6 Å². The van der Waals surface area contributed by atoms with Gasteiger partial charge in [-0.15, -0.1) is 0 Å². The molecule has 0 N–H and O–H groups in total. The van der Waals surface area contributed by atoms with Gasteiger partial charge in [-0.05, 0) is 74.6 Å². The zero-order chi connectivity index (χ0) is 17.5. The summed E-state index contributed by atoms with van der Waals surface area (Å²) in [5, 5.41) is 0. The first-order chi connectivity index (χ1) is 12.2. The van der Waals surface area contributed by atoms with Crippen LogP contribution in [0.5, 0.6) is 5.75 Å². The molecule has 2 aromatic carbocycles. The van der Waals surface area contributed by atoms with Gasteiger partial charge in [-0.2, -0.15) is 0 Å². The SMILES string of the molecule is CC(=O)CCCCc1ccc(C2CCC(Oc3ccccc3)C2)cc1. The van der Waals surface area contributed by atoms with Crippen LogP contribution in [0, 0.1) is 0 Å². The summed E-state index contributed by atoms with van der Waals surface area (Å²) in [5.74, 6) is 1.89. The van der Waals surface area contributed by atoms with Crippen LogP contribution in [0.25, 0.3) is 0 Å². The van der Waals surface area contributed by atoms with Gasteiger partial charge in [0.15, 0.2) is 0 Å². The fraction of sp³-hybridized carbons (Fsp3) is 0.435. The summed E-state index contributed by atoms with van der Waals surface area (Å²) in [6.45, 7) is 1.67. The van der Waals surface area contributed by atoms with Gasteiger partial charge in [0.25, 0.3) is 0 Å². The molecule has 0 aromatic heterocycles. The second kappa shape index (κ2) is 8.84. The third-order valence-corrected chi connectivity index (χ3v) is 5.13. The van der Waals surface area contributed by atoms with Gasteiger partial charge >= 0.3 is 0 Å². The molecule has 25 heavy (non-hydrogen) atoms. The second-order valence-corrected chi connectivity index (χ2v) is 7.21. The number of para-hydroxylation sites is 1. The molecular formula is C23H28O2. The van der Waals surface area contributed by atoms with Crippen molar-refractivity contribution in [1.29, 1.82) is 0 Å². The second-order valence-electron chi connectivity index (χ2n) is 7.21. The molecule has 3 rings (SSSR count). The lowest BCUT2D eigenvalue weighted by Gasteiger charge is -2.14. The Morgan fingerprint density at radius 2 is 1.76 bits per heavy atom. The van der Waals surface area contributed by atoms with Crippen molar-refractivity contribution in [3.8, 4) is 5.75 Å². The van der Waals surface area contributed by atoms with E-state index in [0.717, 1.165) is 37.9 Å². The smallest absolute Gasteiger partial charge is 0.129 e. The quantitative estimate of drug-likeness (QED) is 0.578. The van der Waals surface area contributed by atoms with Gasteiger partial charge in [0.05, 0.1) is 6.10 Å². The molecule has 0 bridgehead atoms. The van der Waals surface area contributed by atoms with Crippen LogP contribution in [-0.4, -0.2) is 11.9 Å². The minimum Gasteiger partial charge on any atom is -0.490 e. The number of benzene rings is 2. The molecule has 0 spiro atoms. The van der Waals surface area contributed by atoms with Gasteiger partial charge in [0.2, 0.25) is 0 Å². The first-order valence-electron chi connectivity index (χ1n) is 9.50. The van der Waals surface area contributed by atoms with E-state index in [1.165, 1.54) is 17.5 Å². The zero-order valence-corrected chi connectivity index (χ0v) is 15.1. The number of aryl methyl sites for hydroxylation is 1. The van der Waals surface area contributed by atoms with Crippen molar-refractivity contribution >= 4 is 5.78 Å². The summed E-state index contributed by atoms with van der Waals surface area (Å²) in [5.41, 5.74) is 2.81. The molecule has 1 saturated carbocycles. The highest BCUT2D eigenvalue weighted by atomic mass is 16.5. The van der Waals surface area contributed by atoms with E-state index in [2.05, 4.69) is 24.3 Å². The molecular weight excluding hydrogens is 308 g/mol. The van der Waals surface area contributed by atoms with E-state index in [9.17, 15) is 4.79 Å². The minimum absolute atomic E-state index is 0.295. The van der Waals surface area contributed by atoms with E-state index in [1.807, 2.05) is 30.3 Å². The molecule has 2 nitrogen and oxygen atoms in total. The molecule has 2 atom stereocenters.